The lowest BCUT2D eigenvalue weighted by Crippen LogP contribution is -2.48. The van der Waals surface area contributed by atoms with Crippen LogP contribution in [0.1, 0.15) is 18.9 Å². The highest BCUT2D eigenvalue weighted by molar-refractivity contribution is 7.99. The number of anilines is 3. The Bertz CT molecular complexity index is 1690. The summed E-state index contributed by atoms with van der Waals surface area (Å²) in [6.45, 7) is 7.51. The Kier molecular flexibility index (Phi) is 9.62. The van der Waals surface area contributed by atoms with Gasteiger partial charge in [0.1, 0.15) is 12.4 Å². The highest BCUT2D eigenvalue weighted by Crippen LogP contribution is 2.49. The molecule has 6 rings (SSSR count). The molecule has 0 radical (unpaired) electrons. The second-order valence-corrected chi connectivity index (χ2v) is 12.6. The number of rotatable bonds is 10. The average molecular weight is 651 g/mol. The second kappa shape index (κ2) is 13.8. The van der Waals surface area contributed by atoms with Crippen LogP contribution < -0.4 is 15.4 Å². The Morgan fingerprint density at radius 2 is 1.54 bits per heavy atom. The Balaban J connectivity index is 0.951. The number of carbonyl (C=O) groups excluding carboxylic acids is 1. The van der Waals surface area contributed by atoms with Crippen LogP contribution in [0.3, 0.4) is 0 Å². The van der Waals surface area contributed by atoms with Crippen molar-refractivity contribution < 1.29 is 27.4 Å². The van der Waals surface area contributed by atoms with Crippen molar-refractivity contribution in [1.82, 2.24) is 9.80 Å². The first-order chi connectivity index (χ1) is 22.2. The van der Waals surface area contributed by atoms with Crippen LogP contribution in [0.5, 0.6) is 5.75 Å². The number of fused-ring (bicyclic) bond motifs is 3. The number of alkyl halides is 3. The summed E-state index contributed by atoms with van der Waals surface area (Å²) < 4.78 is 52.1. The third-order valence-electron chi connectivity index (χ3n) is 8.48. The predicted octanol–water partition coefficient (Wildman–Crippen LogP) is 7.06. The molecule has 2 aliphatic heterocycles. The molecule has 0 saturated carbocycles. The van der Waals surface area contributed by atoms with E-state index in [4.69, 9.17) is 15.2 Å². The molecule has 1 unspecified atom stereocenters. The molecule has 0 bridgehead atoms. The van der Waals surface area contributed by atoms with Gasteiger partial charge in [-0.3, -0.25) is 4.90 Å². The van der Waals surface area contributed by atoms with Crippen LogP contribution in [0, 0.1) is 0 Å². The van der Waals surface area contributed by atoms with Crippen LogP contribution in [-0.2, 0) is 15.7 Å². The summed E-state index contributed by atoms with van der Waals surface area (Å²) >= 11 is 1.51. The van der Waals surface area contributed by atoms with Gasteiger partial charge < -0.3 is 25.0 Å². The van der Waals surface area contributed by atoms with Gasteiger partial charge >= 0.3 is 12.1 Å². The summed E-state index contributed by atoms with van der Waals surface area (Å²) in [4.78, 5) is 21.2. The number of para-hydroxylation sites is 1. The maximum Gasteiger partial charge on any atom is 0.416 e. The first kappa shape index (κ1) is 32.0. The number of nitrogens with two attached hydrogens (primary N) is 1. The summed E-state index contributed by atoms with van der Waals surface area (Å²) in [6.07, 6.45) is -4.34. The minimum atomic E-state index is -4.39. The SMILES string of the molecule is CC(Oc1cccc2c(N)cccc12)C(=O)OCCN1CCN(CCCN2c3ccccc3Sc3ccc(C(F)(F)F)cc32)CC1. The zero-order valence-electron chi connectivity index (χ0n) is 25.6. The Hall–Kier alpha value is -3.93. The van der Waals surface area contributed by atoms with Crippen LogP contribution in [0.25, 0.3) is 10.8 Å². The third kappa shape index (κ3) is 7.22. The van der Waals surface area contributed by atoms with Gasteiger partial charge in [-0.05, 0) is 62.4 Å². The van der Waals surface area contributed by atoms with Crippen molar-refractivity contribution in [3.63, 3.8) is 0 Å². The lowest BCUT2D eigenvalue weighted by atomic mass is 10.1. The smallest absolute Gasteiger partial charge is 0.416 e. The van der Waals surface area contributed by atoms with E-state index < -0.39 is 23.8 Å². The standard InChI is InChI=1S/C35H37F3N4O3S/c1-24(45-31-11-5-7-26-27(31)8-4-9-28(26)39)34(43)44-22-21-41-19-17-40(18-20-41)15-6-16-42-29-10-2-3-12-32(29)46-33-14-13-25(23-30(33)42)35(36,37)38/h2-5,7-14,23-24H,6,15-22,39H2,1H3. The largest absolute Gasteiger partial charge is 0.478 e. The van der Waals surface area contributed by atoms with E-state index >= 15 is 0 Å². The number of ether oxygens (including phenoxy) is 2. The van der Waals surface area contributed by atoms with E-state index in [0.717, 1.165) is 71.5 Å². The van der Waals surface area contributed by atoms with Gasteiger partial charge in [-0.1, -0.05) is 48.2 Å². The highest BCUT2D eigenvalue weighted by Gasteiger charge is 2.33. The van der Waals surface area contributed by atoms with Gasteiger partial charge in [0.05, 0.1) is 16.9 Å². The predicted molar refractivity (Wildman–Crippen MR) is 176 cm³/mol. The van der Waals surface area contributed by atoms with Gasteiger partial charge in [0.15, 0.2) is 6.10 Å². The molecule has 46 heavy (non-hydrogen) atoms. The lowest BCUT2D eigenvalue weighted by Gasteiger charge is -2.36. The van der Waals surface area contributed by atoms with Crippen molar-refractivity contribution >= 4 is 45.6 Å². The lowest BCUT2D eigenvalue weighted by molar-refractivity contribution is -0.151. The first-order valence-electron chi connectivity index (χ1n) is 15.5. The number of nitrogens with zero attached hydrogens (tertiary/aromatic N) is 3. The van der Waals surface area contributed by atoms with Gasteiger partial charge in [0.25, 0.3) is 0 Å². The molecule has 2 N–H and O–H groups in total. The summed E-state index contributed by atoms with van der Waals surface area (Å²) in [7, 11) is 0. The zero-order chi connectivity index (χ0) is 32.3. The van der Waals surface area contributed by atoms with E-state index in [1.54, 1.807) is 13.0 Å². The van der Waals surface area contributed by atoms with Gasteiger partial charge in [-0.25, -0.2) is 4.79 Å². The number of nitrogen functional groups attached to an aromatic ring is 1. The Morgan fingerprint density at radius 1 is 0.848 bits per heavy atom. The molecule has 2 aliphatic rings. The molecule has 0 aliphatic carbocycles. The number of esters is 1. The molecule has 1 saturated heterocycles. The summed E-state index contributed by atoms with van der Waals surface area (Å²) in [5.74, 6) is 0.171. The monoisotopic (exact) mass is 650 g/mol. The molecule has 0 spiro atoms. The topological polar surface area (TPSA) is 71.3 Å². The number of carbonyl (C=O) groups is 1. The van der Waals surface area contributed by atoms with Gasteiger partial charge in [0, 0.05) is 65.5 Å². The summed E-state index contributed by atoms with van der Waals surface area (Å²) in [5.41, 5.74) is 7.65. The molecule has 0 aromatic heterocycles. The van der Waals surface area contributed by atoms with Gasteiger partial charge in [-0.2, -0.15) is 13.2 Å². The van der Waals surface area contributed by atoms with E-state index in [-0.39, 0.29) is 6.61 Å². The molecule has 4 aromatic rings. The fourth-order valence-electron chi connectivity index (χ4n) is 5.97. The van der Waals surface area contributed by atoms with Crippen molar-refractivity contribution in [2.75, 3.05) is 63.1 Å². The van der Waals surface area contributed by atoms with Gasteiger partial charge in [0.2, 0.25) is 0 Å². The van der Waals surface area contributed by atoms with E-state index in [0.29, 0.717) is 30.2 Å². The van der Waals surface area contributed by atoms with Crippen molar-refractivity contribution in [3.8, 4) is 5.75 Å². The molecule has 242 valence electrons. The van der Waals surface area contributed by atoms with E-state index in [1.165, 1.54) is 17.8 Å². The first-order valence-corrected chi connectivity index (χ1v) is 16.3. The van der Waals surface area contributed by atoms with Crippen LogP contribution in [0.2, 0.25) is 0 Å². The molecular weight excluding hydrogens is 613 g/mol. The molecule has 4 aromatic carbocycles. The summed E-state index contributed by atoms with van der Waals surface area (Å²) in [5, 5.41) is 1.72. The Morgan fingerprint density at radius 3 is 2.33 bits per heavy atom. The van der Waals surface area contributed by atoms with Crippen LogP contribution in [0.15, 0.2) is 88.7 Å². The van der Waals surface area contributed by atoms with E-state index in [2.05, 4.69) is 9.80 Å². The molecule has 7 nitrogen and oxygen atoms in total. The average Bonchev–Trinajstić information content (AvgIpc) is 3.05. The highest BCUT2D eigenvalue weighted by atomic mass is 32.2. The molecule has 0 amide bonds. The molecule has 1 atom stereocenters. The minimum absolute atomic E-state index is 0.278. The number of benzene rings is 4. The number of hydrogen-bond donors (Lipinski definition) is 1. The van der Waals surface area contributed by atoms with Crippen molar-refractivity contribution in [1.29, 1.82) is 0 Å². The Labute approximate surface area is 271 Å². The molecule has 1 fully saturated rings. The quantitative estimate of drug-likeness (QED) is 0.145. The zero-order valence-corrected chi connectivity index (χ0v) is 26.4. The van der Waals surface area contributed by atoms with Crippen LogP contribution in [-0.4, -0.2) is 74.3 Å². The minimum Gasteiger partial charge on any atom is -0.478 e. The molecular formula is C35H37F3N4O3S. The van der Waals surface area contributed by atoms with Gasteiger partial charge in [-0.15, -0.1) is 0 Å². The maximum atomic E-state index is 13.5. The molecule has 2 heterocycles. The van der Waals surface area contributed by atoms with Crippen LogP contribution in [0.4, 0.5) is 30.2 Å². The second-order valence-electron chi connectivity index (χ2n) is 11.6. The van der Waals surface area contributed by atoms with E-state index in [9.17, 15) is 18.0 Å². The van der Waals surface area contributed by atoms with Crippen molar-refractivity contribution in [2.45, 2.75) is 35.4 Å². The van der Waals surface area contributed by atoms with Crippen molar-refractivity contribution in [2.24, 2.45) is 0 Å². The van der Waals surface area contributed by atoms with Crippen LogP contribution >= 0.6 is 11.8 Å². The normalized spacial score (nSPS) is 16.1. The summed E-state index contributed by atoms with van der Waals surface area (Å²) in [6, 6.07) is 23.1. The fraction of sp³-hybridized carbons (Fsp3) is 0.343. The number of halogens is 3. The van der Waals surface area contributed by atoms with Crippen molar-refractivity contribution in [3.05, 3.63) is 84.4 Å². The maximum absolute atomic E-state index is 13.5. The fourth-order valence-corrected chi connectivity index (χ4v) is 7.05. The number of piperazine rings is 1. The van der Waals surface area contributed by atoms with E-state index in [1.807, 2.05) is 65.6 Å². The molecule has 11 heteroatoms. The third-order valence-corrected chi connectivity index (χ3v) is 9.61. The number of hydrogen-bond acceptors (Lipinski definition) is 8.